The molecule has 0 aliphatic rings. The van der Waals surface area contributed by atoms with Gasteiger partial charge < -0.3 is 39.2 Å². The third-order valence-electron chi connectivity index (χ3n) is 23.1. The van der Waals surface area contributed by atoms with Crippen LogP contribution in [-0.4, -0.2) is 155 Å². The van der Waals surface area contributed by atoms with E-state index in [9.17, 15) is 0 Å². The molecule has 10 aromatic carbocycles. The highest BCUT2D eigenvalue weighted by Gasteiger charge is 2.24. The number of aromatic nitrogens is 8. The molecule has 14 aromatic rings. The average Bonchev–Trinajstić information content (AvgIpc) is 0.753. The van der Waals surface area contributed by atoms with Gasteiger partial charge in [0, 0.05) is 195 Å². The molecule has 636 valence electrons. The lowest BCUT2D eigenvalue weighted by Crippen LogP contribution is -2.21. The van der Waals surface area contributed by atoms with Gasteiger partial charge in [-0.1, -0.05) is 97.1 Å². The minimum Gasteiger partial charge on any atom is -0.372 e. The molecule has 14 rings (SSSR count). The SMILES string of the molecule is CCN(CC)c1ccc(-c2nc3cc4nc(-c5ccc(N(CC)CC)cc5)c(-c5ccc(N(CC)CC)cc5)nc4cc3nc2-c2ccc(N(CC)CC)cc2)cc1.CCN(CC)c1ccc(-c2nc3cc4nc(-c5ccc(N(CC)CC)cc5)c(-c5ccc(N(CC)CC)cc5)nc4cc3nc2-c2ccc(N(CC)CC)cc2)cc1.ClCCl.ClCCl. The lowest BCUT2D eigenvalue weighted by molar-refractivity contribution is 0.866. The van der Waals surface area contributed by atoms with Crippen molar-refractivity contribution < 1.29 is 0 Å². The highest BCUT2D eigenvalue weighted by molar-refractivity contribution is 6.41. The van der Waals surface area contributed by atoms with Crippen molar-refractivity contribution in [3.05, 3.63) is 218 Å². The Morgan fingerprint density at radius 3 is 0.311 bits per heavy atom. The van der Waals surface area contributed by atoms with Crippen molar-refractivity contribution in [3.63, 3.8) is 0 Å². The molecular formula is C102H120Cl4N16. The van der Waals surface area contributed by atoms with Crippen LogP contribution in [0.25, 0.3) is 134 Å². The topological polar surface area (TPSA) is 129 Å². The minimum atomic E-state index is 0.194. The fourth-order valence-electron chi connectivity index (χ4n) is 16.2. The van der Waals surface area contributed by atoms with E-state index >= 15 is 0 Å². The molecule has 0 aliphatic carbocycles. The molecule has 20 heteroatoms. The molecule has 16 nitrogen and oxygen atoms in total. The van der Waals surface area contributed by atoms with Gasteiger partial charge in [-0.05, 0) is 232 Å². The molecule has 0 radical (unpaired) electrons. The Morgan fingerprint density at radius 2 is 0.238 bits per heavy atom. The smallest absolute Gasteiger partial charge is 0.0973 e. The average molecular weight is 1710 g/mol. The predicted molar refractivity (Wildman–Crippen MR) is 530 cm³/mol. The lowest BCUT2D eigenvalue weighted by Gasteiger charge is -2.22. The van der Waals surface area contributed by atoms with E-state index in [1.165, 1.54) is 45.5 Å². The lowest BCUT2D eigenvalue weighted by atomic mass is 10.0. The van der Waals surface area contributed by atoms with Crippen molar-refractivity contribution >= 4 is 136 Å². The monoisotopic (exact) mass is 1710 g/mol. The first-order valence-electron chi connectivity index (χ1n) is 43.7. The summed E-state index contributed by atoms with van der Waals surface area (Å²) in [5, 5.41) is 0.389. The second-order valence-corrected chi connectivity index (χ2v) is 30.9. The summed E-state index contributed by atoms with van der Waals surface area (Å²) >= 11 is 19.1. The molecule has 0 aliphatic heterocycles. The summed E-state index contributed by atoms with van der Waals surface area (Å²) in [4.78, 5) is 62.0. The van der Waals surface area contributed by atoms with E-state index in [1.54, 1.807) is 0 Å². The molecule has 0 saturated carbocycles. The summed E-state index contributed by atoms with van der Waals surface area (Å²) in [6.07, 6.45) is 0. The number of hydrogen-bond donors (Lipinski definition) is 0. The van der Waals surface area contributed by atoms with Crippen LogP contribution in [0.1, 0.15) is 111 Å². The highest BCUT2D eigenvalue weighted by Crippen LogP contribution is 2.41. The van der Waals surface area contributed by atoms with Crippen molar-refractivity contribution in [3.8, 4) is 90.1 Å². The van der Waals surface area contributed by atoms with Crippen molar-refractivity contribution in [1.29, 1.82) is 0 Å². The van der Waals surface area contributed by atoms with Crippen LogP contribution in [0.2, 0.25) is 0 Å². The Kier molecular flexibility index (Phi) is 33.7. The van der Waals surface area contributed by atoms with Gasteiger partial charge in [0.2, 0.25) is 0 Å². The van der Waals surface area contributed by atoms with E-state index in [0.29, 0.717) is 0 Å². The molecule has 0 N–H and O–H groups in total. The van der Waals surface area contributed by atoms with E-state index in [4.69, 9.17) is 86.3 Å². The number of hydrogen-bond acceptors (Lipinski definition) is 16. The Labute approximate surface area is 744 Å². The van der Waals surface area contributed by atoms with Gasteiger partial charge in [-0.25, -0.2) is 39.9 Å². The van der Waals surface area contributed by atoms with Crippen molar-refractivity contribution in [1.82, 2.24) is 39.9 Å². The fraction of sp³-hybridized carbons (Fsp3) is 0.333. The van der Waals surface area contributed by atoms with Crippen LogP contribution in [0.15, 0.2) is 218 Å². The predicted octanol–water partition coefficient (Wildman–Crippen LogP) is 26.1. The third-order valence-corrected chi connectivity index (χ3v) is 23.1. The number of halogens is 4. The highest BCUT2D eigenvalue weighted by atomic mass is 35.5. The summed E-state index contributed by atoms with van der Waals surface area (Å²) in [5.41, 5.74) is 30.8. The second-order valence-electron chi connectivity index (χ2n) is 29.3. The van der Waals surface area contributed by atoms with Gasteiger partial charge in [-0.3, -0.25) is 0 Å². The van der Waals surface area contributed by atoms with Crippen LogP contribution >= 0.6 is 46.4 Å². The van der Waals surface area contributed by atoms with Gasteiger partial charge in [-0.2, -0.15) is 0 Å². The number of anilines is 8. The van der Waals surface area contributed by atoms with Gasteiger partial charge in [0.1, 0.15) is 0 Å². The Balaban J connectivity index is 0.000000224. The van der Waals surface area contributed by atoms with Gasteiger partial charge in [-0.15, -0.1) is 46.4 Å². The maximum atomic E-state index is 5.39. The first kappa shape index (κ1) is 91.9. The van der Waals surface area contributed by atoms with Crippen molar-refractivity contribution in [2.45, 2.75) is 111 Å². The molecule has 4 aromatic heterocycles. The standard InChI is InChI=1S/2C50H58N8.2CH2Cl2/c2*1-9-55(10-2)39-25-17-35(18-26-39)47-48(36-19-27-40(28-20-36)56(11-3)12-4)52-44-34-46-45(33-43(44)51-47)53-49(37-21-29-41(30-22-37)57(13-5)14-6)50(54-46)38-23-31-42(32-24-38)58(15-7)16-8;2*2-1-3/h2*17-34H,9-16H2,1-8H3;2*1H2. The van der Waals surface area contributed by atoms with Crippen molar-refractivity contribution in [2.75, 3.05) is 155 Å². The third kappa shape index (κ3) is 21.2. The van der Waals surface area contributed by atoms with Gasteiger partial charge in [0.15, 0.2) is 0 Å². The first-order chi connectivity index (χ1) is 59.5. The summed E-state index contributed by atoms with van der Waals surface area (Å²) in [6, 6.07) is 78.2. The largest absolute Gasteiger partial charge is 0.372 e. The van der Waals surface area contributed by atoms with Crippen molar-refractivity contribution in [2.24, 2.45) is 0 Å². The Bertz CT molecular complexity index is 4580. The normalized spacial score (nSPS) is 11.0. The summed E-state index contributed by atoms with van der Waals surface area (Å²) < 4.78 is 0. The van der Waals surface area contributed by atoms with Gasteiger partial charge in [0.05, 0.1) is 100 Å². The maximum Gasteiger partial charge on any atom is 0.0973 e. The van der Waals surface area contributed by atoms with E-state index < -0.39 is 0 Å². The molecule has 0 spiro atoms. The number of rotatable bonds is 32. The fourth-order valence-corrected chi connectivity index (χ4v) is 16.2. The minimum absolute atomic E-state index is 0.194. The van der Waals surface area contributed by atoms with Crippen LogP contribution in [0.3, 0.4) is 0 Å². The Morgan fingerprint density at radius 1 is 0.156 bits per heavy atom. The Hall–Kier alpha value is -10.9. The molecule has 122 heavy (non-hydrogen) atoms. The van der Waals surface area contributed by atoms with E-state index in [0.717, 1.165) is 239 Å². The molecule has 0 bridgehead atoms. The zero-order valence-corrected chi connectivity index (χ0v) is 77.2. The summed E-state index contributed by atoms with van der Waals surface area (Å²) in [7, 11) is 0. The molecule has 0 fully saturated rings. The quantitative estimate of drug-likeness (QED) is 0.0293. The van der Waals surface area contributed by atoms with E-state index in [1.807, 2.05) is 0 Å². The number of fused-ring (bicyclic) bond motifs is 4. The van der Waals surface area contributed by atoms with E-state index in [-0.39, 0.29) is 10.7 Å². The molecule has 0 unspecified atom stereocenters. The molecule has 4 heterocycles. The van der Waals surface area contributed by atoms with Gasteiger partial charge >= 0.3 is 0 Å². The molecular weight excluding hydrogens is 1590 g/mol. The first-order valence-corrected chi connectivity index (χ1v) is 45.8. The van der Waals surface area contributed by atoms with Crippen LogP contribution in [-0.2, 0) is 0 Å². The molecule has 0 amide bonds. The summed E-state index contributed by atoms with van der Waals surface area (Å²) in [6.45, 7) is 50.3. The number of benzene rings is 10. The molecule has 0 saturated heterocycles. The maximum absolute atomic E-state index is 5.39. The zero-order valence-electron chi connectivity index (χ0n) is 74.2. The van der Waals surface area contributed by atoms with Gasteiger partial charge in [0.25, 0.3) is 0 Å². The number of alkyl halides is 4. The van der Waals surface area contributed by atoms with Crippen LogP contribution in [0.5, 0.6) is 0 Å². The van der Waals surface area contributed by atoms with Crippen LogP contribution < -0.4 is 39.2 Å². The van der Waals surface area contributed by atoms with E-state index in [2.05, 4.69) is 368 Å². The molecule has 0 atom stereocenters. The second kappa shape index (κ2) is 44.8. The zero-order chi connectivity index (χ0) is 86.9. The van der Waals surface area contributed by atoms with Crippen LogP contribution in [0.4, 0.5) is 45.5 Å². The van der Waals surface area contributed by atoms with Crippen LogP contribution in [0, 0.1) is 0 Å². The summed E-state index contributed by atoms with van der Waals surface area (Å²) in [5.74, 6) is 0. The number of nitrogens with zero attached hydrogens (tertiary/aromatic N) is 16.